The standard InChI is InChI=1S/C12H20N4O/c1-10-4-3-5-11(15-10)8-16(2)9-12(17)14-7-6-13/h3-5H,6-9,13H2,1-2H3,(H,14,17). The second-order valence-corrected chi connectivity index (χ2v) is 4.08. The van der Waals surface area contributed by atoms with E-state index in [1.165, 1.54) is 0 Å². The lowest BCUT2D eigenvalue weighted by Gasteiger charge is -2.15. The molecule has 1 heterocycles. The van der Waals surface area contributed by atoms with Gasteiger partial charge in [-0.1, -0.05) is 6.07 Å². The normalized spacial score (nSPS) is 10.6. The van der Waals surface area contributed by atoms with Crippen LogP contribution in [-0.2, 0) is 11.3 Å². The Labute approximate surface area is 102 Å². The lowest BCUT2D eigenvalue weighted by molar-refractivity contribution is -0.122. The van der Waals surface area contributed by atoms with Crippen LogP contribution in [0, 0.1) is 6.92 Å². The summed E-state index contributed by atoms with van der Waals surface area (Å²) in [5, 5.41) is 2.73. The lowest BCUT2D eigenvalue weighted by atomic mass is 10.3. The summed E-state index contributed by atoms with van der Waals surface area (Å²) in [5.74, 6) is -0.00870. The quantitative estimate of drug-likeness (QED) is 0.723. The molecule has 0 saturated carbocycles. The van der Waals surface area contributed by atoms with Gasteiger partial charge < -0.3 is 11.1 Å². The Balaban J connectivity index is 2.39. The van der Waals surface area contributed by atoms with Gasteiger partial charge in [-0.05, 0) is 26.1 Å². The average Bonchev–Trinajstić information content (AvgIpc) is 2.26. The average molecular weight is 236 g/mol. The van der Waals surface area contributed by atoms with Crippen molar-refractivity contribution in [3.8, 4) is 0 Å². The van der Waals surface area contributed by atoms with Gasteiger partial charge in [0.15, 0.2) is 0 Å². The molecule has 1 aromatic heterocycles. The predicted octanol–water partition coefficient (Wildman–Crippen LogP) is -0.103. The number of nitrogens with zero attached hydrogens (tertiary/aromatic N) is 2. The second kappa shape index (κ2) is 6.98. The van der Waals surface area contributed by atoms with Crippen LogP contribution in [0.1, 0.15) is 11.4 Å². The van der Waals surface area contributed by atoms with Crippen LogP contribution in [0.3, 0.4) is 0 Å². The molecule has 0 saturated heterocycles. The highest BCUT2D eigenvalue weighted by atomic mass is 16.2. The van der Waals surface area contributed by atoms with Crippen molar-refractivity contribution in [2.75, 3.05) is 26.7 Å². The fourth-order valence-corrected chi connectivity index (χ4v) is 1.53. The monoisotopic (exact) mass is 236 g/mol. The number of nitrogens with one attached hydrogen (secondary N) is 1. The molecule has 5 heteroatoms. The first-order chi connectivity index (χ1) is 8.11. The summed E-state index contributed by atoms with van der Waals surface area (Å²) in [6, 6.07) is 5.89. The van der Waals surface area contributed by atoms with Crippen LogP contribution in [0.15, 0.2) is 18.2 Å². The fourth-order valence-electron chi connectivity index (χ4n) is 1.53. The molecule has 0 unspecified atom stereocenters. The Bertz CT molecular complexity index is 367. The second-order valence-electron chi connectivity index (χ2n) is 4.08. The maximum Gasteiger partial charge on any atom is 0.234 e. The molecule has 0 radical (unpaired) electrons. The molecule has 0 fully saturated rings. The van der Waals surface area contributed by atoms with Gasteiger partial charge >= 0.3 is 0 Å². The summed E-state index contributed by atoms with van der Waals surface area (Å²) in [6.45, 7) is 3.97. The zero-order valence-electron chi connectivity index (χ0n) is 10.4. The first-order valence-corrected chi connectivity index (χ1v) is 5.69. The van der Waals surface area contributed by atoms with Crippen molar-refractivity contribution in [2.45, 2.75) is 13.5 Å². The molecule has 0 aliphatic heterocycles. The molecule has 1 amide bonds. The number of rotatable bonds is 6. The van der Waals surface area contributed by atoms with E-state index in [9.17, 15) is 4.79 Å². The summed E-state index contributed by atoms with van der Waals surface area (Å²) in [5.41, 5.74) is 7.27. The zero-order valence-corrected chi connectivity index (χ0v) is 10.4. The van der Waals surface area contributed by atoms with E-state index in [1.54, 1.807) is 0 Å². The highest BCUT2D eigenvalue weighted by molar-refractivity contribution is 5.77. The number of carbonyl (C=O) groups is 1. The van der Waals surface area contributed by atoms with Crippen LogP contribution >= 0.6 is 0 Å². The highest BCUT2D eigenvalue weighted by Gasteiger charge is 2.06. The number of pyridine rings is 1. The third-order valence-corrected chi connectivity index (χ3v) is 2.26. The summed E-state index contributed by atoms with van der Waals surface area (Å²) in [4.78, 5) is 17.8. The molecule has 0 bridgehead atoms. The SMILES string of the molecule is Cc1cccc(CN(C)CC(=O)NCCN)n1. The van der Waals surface area contributed by atoms with Crippen LogP contribution < -0.4 is 11.1 Å². The van der Waals surface area contributed by atoms with E-state index in [2.05, 4.69) is 10.3 Å². The van der Waals surface area contributed by atoms with Gasteiger partial charge in [-0.25, -0.2) is 0 Å². The van der Waals surface area contributed by atoms with Crippen LogP contribution in [0.25, 0.3) is 0 Å². The van der Waals surface area contributed by atoms with Crippen LogP contribution in [0.4, 0.5) is 0 Å². The van der Waals surface area contributed by atoms with Gasteiger partial charge in [-0.15, -0.1) is 0 Å². The van der Waals surface area contributed by atoms with Crippen molar-refractivity contribution in [3.63, 3.8) is 0 Å². The van der Waals surface area contributed by atoms with Crippen molar-refractivity contribution >= 4 is 5.91 Å². The minimum Gasteiger partial charge on any atom is -0.354 e. The number of nitrogens with two attached hydrogens (primary N) is 1. The Hall–Kier alpha value is -1.46. The van der Waals surface area contributed by atoms with Crippen molar-refractivity contribution in [2.24, 2.45) is 5.73 Å². The maximum atomic E-state index is 11.4. The third kappa shape index (κ3) is 5.42. The van der Waals surface area contributed by atoms with Gasteiger partial charge in [0.25, 0.3) is 0 Å². The van der Waals surface area contributed by atoms with E-state index >= 15 is 0 Å². The molecular formula is C12H20N4O. The van der Waals surface area contributed by atoms with Crippen LogP contribution in [0.2, 0.25) is 0 Å². The van der Waals surface area contributed by atoms with Gasteiger partial charge in [0.05, 0.1) is 12.2 Å². The van der Waals surface area contributed by atoms with E-state index in [4.69, 9.17) is 5.73 Å². The van der Waals surface area contributed by atoms with Crippen LogP contribution in [0.5, 0.6) is 0 Å². The van der Waals surface area contributed by atoms with Crippen LogP contribution in [-0.4, -0.2) is 42.5 Å². The van der Waals surface area contributed by atoms with Crippen molar-refractivity contribution in [1.29, 1.82) is 0 Å². The Kier molecular flexibility index (Phi) is 5.59. The van der Waals surface area contributed by atoms with E-state index in [0.29, 0.717) is 26.2 Å². The fraction of sp³-hybridized carbons (Fsp3) is 0.500. The van der Waals surface area contributed by atoms with Crippen molar-refractivity contribution in [3.05, 3.63) is 29.6 Å². The van der Waals surface area contributed by atoms with Gasteiger partial charge in [0.1, 0.15) is 0 Å². The van der Waals surface area contributed by atoms with E-state index < -0.39 is 0 Å². The number of carbonyl (C=O) groups excluding carboxylic acids is 1. The molecule has 0 spiro atoms. The van der Waals surface area contributed by atoms with E-state index in [-0.39, 0.29) is 5.91 Å². The maximum absolute atomic E-state index is 11.4. The molecule has 17 heavy (non-hydrogen) atoms. The molecule has 3 N–H and O–H groups in total. The first kappa shape index (κ1) is 13.6. The Morgan fingerprint density at radius 1 is 1.53 bits per heavy atom. The minimum absolute atomic E-state index is 0.00870. The molecule has 1 aromatic rings. The number of aryl methyl sites for hydroxylation is 1. The smallest absolute Gasteiger partial charge is 0.234 e. The van der Waals surface area contributed by atoms with E-state index in [1.807, 2.05) is 37.1 Å². The summed E-state index contributed by atoms with van der Waals surface area (Å²) in [7, 11) is 1.89. The highest BCUT2D eigenvalue weighted by Crippen LogP contribution is 2.01. The minimum atomic E-state index is -0.00870. The number of hydrogen-bond acceptors (Lipinski definition) is 4. The predicted molar refractivity (Wildman–Crippen MR) is 67.4 cm³/mol. The third-order valence-electron chi connectivity index (χ3n) is 2.26. The van der Waals surface area contributed by atoms with Crippen molar-refractivity contribution < 1.29 is 4.79 Å². The lowest BCUT2D eigenvalue weighted by Crippen LogP contribution is -2.37. The number of hydrogen-bond donors (Lipinski definition) is 2. The summed E-state index contributed by atoms with van der Waals surface area (Å²) >= 11 is 0. The number of aromatic nitrogens is 1. The molecule has 0 atom stereocenters. The molecule has 0 aliphatic rings. The first-order valence-electron chi connectivity index (χ1n) is 5.69. The summed E-state index contributed by atoms with van der Waals surface area (Å²) in [6.07, 6.45) is 0. The van der Waals surface area contributed by atoms with Gasteiger partial charge in [0, 0.05) is 25.3 Å². The van der Waals surface area contributed by atoms with Gasteiger partial charge in [-0.3, -0.25) is 14.7 Å². The van der Waals surface area contributed by atoms with Gasteiger partial charge in [-0.2, -0.15) is 0 Å². The number of amides is 1. The molecule has 0 aliphatic carbocycles. The molecule has 1 rings (SSSR count). The number of likely N-dealkylation sites (N-methyl/N-ethyl adjacent to an activating group) is 1. The van der Waals surface area contributed by atoms with Gasteiger partial charge in [0.2, 0.25) is 5.91 Å². The van der Waals surface area contributed by atoms with Crippen molar-refractivity contribution in [1.82, 2.24) is 15.2 Å². The molecule has 94 valence electrons. The molecular weight excluding hydrogens is 216 g/mol. The Morgan fingerprint density at radius 3 is 2.94 bits per heavy atom. The zero-order chi connectivity index (χ0) is 12.7. The molecule has 0 aromatic carbocycles. The summed E-state index contributed by atoms with van der Waals surface area (Å²) < 4.78 is 0. The van der Waals surface area contributed by atoms with E-state index in [0.717, 1.165) is 11.4 Å². The topological polar surface area (TPSA) is 71.2 Å². The largest absolute Gasteiger partial charge is 0.354 e. The Morgan fingerprint density at radius 2 is 2.29 bits per heavy atom. The molecule has 5 nitrogen and oxygen atoms in total.